The van der Waals surface area contributed by atoms with E-state index >= 15 is 0 Å². The van der Waals surface area contributed by atoms with Gasteiger partial charge in [-0.1, -0.05) is 30.3 Å². The highest BCUT2D eigenvalue weighted by molar-refractivity contribution is 5.84. The zero-order valence-electron chi connectivity index (χ0n) is 11.5. The van der Waals surface area contributed by atoms with E-state index in [1.807, 2.05) is 44.2 Å². The van der Waals surface area contributed by atoms with E-state index < -0.39 is 5.41 Å². The maximum Gasteiger partial charge on any atom is 0.243 e. The molecule has 0 unspecified atom stereocenters. The zero-order chi connectivity index (χ0) is 13.8. The Kier molecular flexibility index (Phi) is 4.49. The van der Waals surface area contributed by atoms with Gasteiger partial charge < -0.3 is 4.90 Å². The number of benzene rings is 1. The molecule has 0 radical (unpaired) electrons. The van der Waals surface area contributed by atoms with Gasteiger partial charge in [0, 0.05) is 12.6 Å². The first kappa shape index (κ1) is 14.2. The lowest BCUT2D eigenvalue weighted by Gasteiger charge is -2.31. The van der Waals surface area contributed by atoms with Crippen molar-refractivity contribution in [1.29, 1.82) is 5.26 Å². The Hall–Kier alpha value is -1.82. The first-order chi connectivity index (χ1) is 8.38. The highest BCUT2D eigenvalue weighted by Crippen LogP contribution is 2.21. The molecule has 0 aliphatic carbocycles. The molecule has 18 heavy (non-hydrogen) atoms. The van der Waals surface area contributed by atoms with Crippen LogP contribution in [0.25, 0.3) is 0 Å². The molecule has 3 heteroatoms. The molecule has 1 rings (SSSR count). The minimum atomic E-state index is -0.973. The lowest BCUT2D eigenvalue weighted by atomic mass is 9.93. The zero-order valence-corrected chi connectivity index (χ0v) is 11.5. The number of nitrogens with zero attached hydrogens (tertiary/aromatic N) is 2. The highest BCUT2D eigenvalue weighted by atomic mass is 16.2. The summed E-state index contributed by atoms with van der Waals surface area (Å²) in [6.45, 7) is 7.80. The molecule has 0 fully saturated rings. The van der Waals surface area contributed by atoms with Crippen molar-refractivity contribution in [2.45, 2.75) is 40.3 Å². The molecule has 0 N–H and O–H groups in total. The first-order valence-electron chi connectivity index (χ1n) is 6.14. The van der Waals surface area contributed by atoms with Crippen LogP contribution in [0.15, 0.2) is 30.3 Å². The van der Waals surface area contributed by atoms with Crippen LogP contribution in [0.3, 0.4) is 0 Å². The largest absolute Gasteiger partial charge is 0.335 e. The van der Waals surface area contributed by atoms with Crippen LogP contribution < -0.4 is 0 Å². The van der Waals surface area contributed by atoms with E-state index in [9.17, 15) is 4.79 Å². The van der Waals surface area contributed by atoms with Gasteiger partial charge in [0.25, 0.3) is 0 Å². The molecule has 96 valence electrons. The van der Waals surface area contributed by atoms with E-state index in [2.05, 4.69) is 6.07 Å². The molecule has 0 spiro atoms. The van der Waals surface area contributed by atoms with Crippen molar-refractivity contribution < 1.29 is 4.79 Å². The second-order valence-corrected chi connectivity index (χ2v) is 5.25. The highest BCUT2D eigenvalue weighted by Gasteiger charge is 2.33. The number of hydrogen-bond donors (Lipinski definition) is 0. The number of nitriles is 1. The number of hydrogen-bond acceptors (Lipinski definition) is 2. The second-order valence-electron chi connectivity index (χ2n) is 5.25. The fourth-order valence-electron chi connectivity index (χ4n) is 1.68. The Morgan fingerprint density at radius 2 is 1.89 bits per heavy atom. The third-order valence-electron chi connectivity index (χ3n) is 2.89. The molecule has 0 aromatic heterocycles. The summed E-state index contributed by atoms with van der Waals surface area (Å²) in [5.41, 5.74) is 0.104. The van der Waals surface area contributed by atoms with E-state index in [0.717, 1.165) is 5.56 Å². The Balaban J connectivity index is 2.92. The number of carbonyl (C=O) groups excluding carboxylic acids is 1. The maximum absolute atomic E-state index is 12.3. The molecule has 0 aliphatic heterocycles. The topological polar surface area (TPSA) is 44.1 Å². The van der Waals surface area contributed by atoms with Gasteiger partial charge in [0.1, 0.15) is 5.41 Å². The van der Waals surface area contributed by atoms with Crippen LogP contribution >= 0.6 is 0 Å². The van der Waals surface area contributed by atoms with Gasteiger partial charge >= 0.3 is 0 Å². The van der Waals surface area contributed by atoms with E-state index in [4.69, 9.17) is 5.26 Å². The fourth-order valence-corrected chi connectivity index (χ4v) is 1.68. The van der Waals surface area contributed by atoms with E-state index in [1.54, 1.807) is 18.7 Å². The lowest BCUT2D eigenvalue weighted by Crippen LogP contribution is -2.43. The van der Waals surface area contributed by atoms with Crippen LogP contribution in [-0.4, -0.2) is 16.8 Å². The SMILES string of the molecule is CC(C)N(Cc1ccccc1)C(=O)C(C)(C)C#N. The van der Waals surface area contributed by atoms with Crippen LogP contribution in [0.1, 0.15) is 33.3 Å². The van der Waals surface area contributed by atoms with E-state index in [-0.39, 0.29) is 11.9 Å². The minimum Gasteiger partial charge on any atom is -0.335 e. The third kappa shape index (κ3) is 3.33. The van der Waals surface area contributed by atoms with Gasteiger partial charge in [-0.2, -0.15) is 5.26 Å². The molecule has 0 saturated carbocycles. The smallest absolute Gasteiger partial charge is 0.243 e. The summed E-state index contributed by atoms with van der Waals surface area (Å²) < 4.78 is 0. The monoisotopic (exact) mass is 244 g/mol. The predicted octanol–water partition coefficient (Wildman–Crippen LogP) is 2.97. The summed E-state index contributed by atoms with van der Waals surface area (Å²) in [5.74, 6) is -0.121. The molecule has 3 nitrogen and oxygen atoms in total. The van der Waals surface area contributed by atoms with Gasteiger partial charge in [-0.05, 0) is 33.3 Å². The van der Waals surface area contributed by atoms with Crippen molar-refractivity contribution in [2.24, 2.45) is 5.41 Å². The average Bonchev–Trinajstić information content (AvgIpc) is 2.36. The number of rotatable bonds is 4. The van der Waals surface area contributed by atoms with E-state index in [0.29, 0.717) is 6.54 Å². The van der Waals surface area contributed by atoms with Crippen molar-refractivity contribution in [3.05, 3.63) is 35.9 Å². The van der Waals surface area contributed by atoms with Crippen molar-refractivity contribution >= 4 is 5.91 Å². The normalized spacial score (nSPS) is 11.1. The van der Waals surface area contributed by atoms with Crippen LogP contribution in [0.2, 0.25) is 0 Å². The predicted molar refractivity (Wildman–Crippen MR) is 71.5 cm³/mol. The Labute approximate surface area is 109 Å². The Morgan fingerprint density at radius 1 is 1.33 bits per heavy atom. The summed E-state index contributed by atoms with van der Waals surface area (Å²) in [4.78, 5) is 14.1. The van der Waals surface area contributed by atoms with Gasteiger partial charge in [0.05, 0.1) is 6.07 Å². The van der Waals surface area contributed by atoms with Gasteiger partial charge in [-0.3, -0.25) is 4.79 Å². The summed E-state index contributed by atoms with van der Waals surface area (Å²) in [6, 6.07) is 12.0. The quantitative estimate of drug-likeness (QED) is 0.817. The molecule has 0 heterocycles. The molecular weight excluding hydrogens is 224 g/mol. The summed E-state index contributed by atoms with van der Waals surface area (Å²) in [5, 5.41) is 9.06. The Bertz CT molecular complexity index is 443. The van der Waals surface area contributed by atoms with Crippen LogP contribution in [-0.2, 0) is 11.3 Å². The molecule has 1 amide bonds. The van der Waals surface area contributed by atoms with Crippen LogP contribution in [0, 0.1) is 16.7 Å². The molecule has 0 bridgehead atoms. The van der Waals surface area contributed by atoms with Gasteiger partial charge in [-0.25, -0.2) is 0 Å². The summed E-state index contributed by atoms with van der Waals surface area (Å²) in [6.07, 6.45) is 0. The summed E-state index contributed by atoms with van der Waals surface area (Å²) >= 11 is 0. The molecule has 1 aromatic carbocycles. The van der Waals surface area contributed by atoms with Crippen molar-refractivity contribution in [1.82, 2.24) is 4.90 Å². The van der Waals surface area contributed by atoms with E-state index in [1.165, 1.54) is 0 Å². The maximum atomic E-state index is 12.3. The first-order valence-corrected chi connectivity index (χ1v) is 6.14. The molecular formula is C15H20N2O. The van der Waals surface area contributed by atoms with Crippen LogP contribution in [0.5, 0.6) is 0 Å². The van der Waals surface area contributed by atoms with Crippen molar-refractivity contribution in [3.8, 4) is 6.07 Å². The standard InChI is InChI=1S/C15H20N2O/c1-12(2)17(14(18)15(3,4)11-16)10-13-8-6-5-7-9-13/h5-9,12H,10H2,1-4H3. The van der Waals surface area contributed by atoms with Gasteiger partial charge in [0.2, 0.25) is 5.91 Å². The second kappa shape index (κ2) is 5.68. The minimum absolute atomic E-state index is 0.0744. The molecule has 0 atom stereocenters. The van der Waals surface area contributed by atoms with Crippen LogP contribution in [0.4, 0.5) is 0 Å². The van der Waals surface area contributed by atoms with Crippen molar-refractivity contribution in [3.63, 3.8) is 0 Å². The fraction of sp³-hybridized carbons (Fsp3) is 0.467. The number of amides is 1. The van der Waals surface area contributed by atoms with Gasteiger partial charge in [-0.15, -0.1) is 0 Å². The number of carbonyl (C=O) groups is 1. The molecule has 0 aliphatic rings. The molecule has 1 aromatic rings. The summed E-state index contributed by atoms with van der Waals surface area (Å²) in [7, 11) is 0. The average molecular weight is 244 g/mol. The van der Waals surface area contributed by atoms with Gasteiger partial charge in [0.15, 0.2) is 0 Å². The molecule has 0 saturated heterocycles. The third-order valence-corrected chi connectivity index (χ3v) is 2.89. The Morgan fingerprint density at radius 3 is 2.33 bits per heavy atom. The lowest BCUT2D eigenvalue weighted by molar-refractivity contribution is -0.140. The van der Waals surface area contributed by atoms with Crippen molar-refractivity contribution in [2.75, 3.05) is 0 Å².